The highest BCUT2D eigenvalue weighted by Crippen LogP contribution is 2.25. The fraction of sp³-hybridized carbons (Fsp3) is 0.235. The molecule has 0 spiro atoms. The Kier molecular flexibility index (Phi) is 4.63. The third-order valence-electron chi connectivity index (χ3n) is 4.02. The number of nitrogens with one attached hydrogen (secondary N) is 1. The molecule has 0 saturated heterocycles. The van der Waals surface area contributed by atoms with Crippen molar-refractivity contribution in [3.8, 4) is 11.5 Å². The van der Waals surface area contributed by atoms with Crippen molar-refractivity contribution in [2.75, 3.05) is 20.0 Å². The van der Waals surface area contributed by atoms with Crippen LogP contribution in [0.1, 0.15) is 16.1 Å². The molecule has 0 unspecified atom stereocenters. The predicted octanol–water partition coefficient (Wildman–Crippen LogP) is 0.0416. The first-order valence-corrected chi connectivity index (χ1v) is 7.86. The summed E-state index contributed by atoms with van der Waals surface area (Å²) in [4.78, 5) is 43.8. The number of aromatic amines is 1. The van der Waals surface area contributed by atoms with E-state index >= 15 is 0 Å². The second-order valence-electron chi connectivity index (χ2n) is 5.72. The molecule has 3 rings (SSSR count). The van der Waals surface area contributed by atoms with Gasteiger partial charge in [0.05, 0.1) is 26.2 Å². The van der Waals surface area contributed by atoms with Crippen LogP contribution < -0.4 is 26.2 Å². The number of aryl methyl sites for hydroxylation is 1. The van der Waals surface area contributed by atoms with Crippen LogP contribution in [0.5, 0.6) is 11.5 Å². The molecule has 3 aromatic rings. The van der Waals surface area contributed by atoms with Crippen LogP contribution in [0.2, 0.25) is 0 Å². The first-order valence-electron chi connectivity index (χ1n) is 7.86. The summed E-state index contributed by atoms with van der Waals surface area (Å²) in [5.41, 5.74) is 4.34. The Balaban J connectivity index is 2.10. The van der Waals surface area contributed by atoms with Crippen LogP contribution in [0.3, 0.4) is 0 Å². The standard InChI is InChI=1S/C17H17N5O5/c1-22-15-13(16(25)20-17(18)19-15)14(24)10(21-22)7-11(23)9-6-8(26-2)4-5-12(9)27-3/h4-6H,7H2,1-3H3,(H3,18,19,20,25). The Morgan fingerprint density at radius 2 is 2.00 bits per heavy atom. The van der Waals surface area contributed by atoms with Crippen LogP contribution in [0.4, 0.5) is 5.95 Å². The third-order valence-corrected chi connectivity index (χ3v) is 4.02. The average Bonchev–Trinajstić information content (AvgIpc) is 2.64. The first-order chi connectivity index (χ1) is 12.8. The molecule has 0 radical (unpaired) electrons. The molecule has 2 heterocycles. The monoisotopic (exact) mass is 371 g/mol. The minimum atomic E-state index is -0.687. The normalized spacial score (nSPS) is 10.8. The highest BCUT2D eigenvalue weighted by atomic mass is 16.5. The molecule has 0 fully saturated rings. The summed E-state index contributed by atoms with van der Waals surface area (Å²) in [5.74, 6) is 0.268. The van der Waals surface area contributed by atoms with E-state index in [0.717, 1.165) is 0 Å². The zero-order chi connectivity index (χ0) is 19.7. The van der Waals surface area contributed by atoms with Crippen LogP contribution in [0.25, 0.3) is 11.0 Å². The van der Waals surface area contributed by atoms with Gasteiger partial charge in [0.2, 0.25) is 11.4 Å². The number of nitrogen functional groups attached to an aromatic ring is 1. The molecular formula is C17H17N5O5. The molecule has 10 heteroatoms. The van der Waals surface area contributed by atoms with Crippen LogP contribution in [0.15, 0.2) is 27.8 Å². The summed E-state index contributed by atoms with van der Waals surface area (Å²) in [6, 6.07) is 4.76. The van der Waals surface area contributed by atoms with Crippen molar-refractivity contribution in [2.24, 2.45) is 7.05 Å². The van der Waals surface area contributed by atoms with Crippen molar-refractivity contribution in [3.05, 3.63) is 50.0 Å². The number of rotatable bonds is 5. The maximum absolute atomic E-state index is 12.8. The van der Waals surface area contributed by atoms with Gasteiger partial charge < -0.3 is 15.2 Å². The number of carbonyl (C=O) groups is 1. The molecule has 1 aromatic carbocycles. The molecule has 0 atom stereocenters. The second kappa shape index (κ2) is 6.90. The maximum atomic E-state index is 12.8. The number of hydrogen-bond donors (Lipinski definition) is 2. The Labute approximate surface area is 152 Å². The molecule has 0 bridgehead atoms. The summed E-state index contributed by atoms with van der Waals surface area (Å²) >= 11 is 0. The van der Waals surface area contributed by atoms with Gasteiger partial charge in [0.15, 0.2) is 11.4 Å². The summed E-state index contributed by atoms with van der Waals surface area (Å²) in [6.07, 6.45) is -0.323. The fourth-order valence-electron chi connectivity index (χ4n) is 2.73. The summed E-state index contributed by atoms with van der Waals surface area (Å²) in [5, 5.41) is 3.88. The lowest BCUT2D eigenvalue weighted by atomic mass is 10.0. The quantitative estimate of drug-likeness (QED) is 0.599. The molecule has 0 aliphatic rings. The number of fused-ring (bicyclic) bond motifs is 1. The number of benzene rings is 1. The van der Waals surface area contributed by atoms with Crippen molar-refractivity contribution < 1.29 is 14.3 Å². The van der Waals surface area contributed by atoms with Crippen LogP contribution in [-0.4, -0.2) is 39.8 Å². The van der Waals surface area contributed by atoms with Gasteiger partial charge in [0.25, 0.3) is 5.56 Å². The van der Waals surface area contributed by atoms with E-state index in [4.69, 9.17) is 15.2 Å². The third kappa shape index (κ3) is 3.24. The SMILES string of the molecule is COc1ccc(OC)c(C(=O)Cc2nn(C)c3nc(N)[nH]c(=O)c3c2=O)c1. The van der Waals surface area contributed by atoms with Crippen LogP contribution >= 0.6 is 0 Å². The van der Waals surface area contributed by atoms with Gasteiger partial charge in [-0.1, -0.05) is 0 Å². The highest BCUT2D eigenvalue weighted by Gasteiger charge is 2.20. The number of methoxy groups -OCH3 is 2. The number of nitrogens with two attached hydrogens (primary N) is 1. The first kappa shape index (κ1) is 18.1. The van der Waals surface area contributed by atoms with Gasteiger partial charge in [-0.05, 0) is 18.2 Å². The van der Waals surface area contributed by atoms with Gasteiger partial charge in [-0.3, -0.25) is 19.4 Å². The number of nitrogens with zero attached hydrogens (tertiary/aromatic N) is 3. The van der Waals surface area contributed by atoms with Crippen molar-refractivity contribution in [3.63, 3.8) is 0 Å². The lowest BCUT2D eigenvalue weighted by Gasteiger charge is -2.10. The smallest absolute Gasteiger partial charge is 0.265 e. The van der Waals surface area contributed by atoms with E-state index < -0.39 is 16.8 Å². The van der Waals surface area contributed by atoms with E-state index in [1.807, 2.05) is 0 Å². The van der Waals surface area contributed by atoms with Gasteiger partial charge >= 0.3 is 0 Å². The Bertz CT molecular complexity index is 1160. The van der Waals surface area contributed by atoms with Gasteiger partial charge in [0, 0.05) is 7.05 Å². The molecule has 2 aromatic heterocycles. The summed E-state index contributed by atoms with van der Waals surface area (Å²) in [7, 11) is 4.41. The molecule has 140 valence electrons. The number of ketones is 1. The van der Waals surface area contributed by atoms with Crippen molar-refractivity contribution >= 4 is 22.8 Å². The zero-order valence-electron chi connectivity index (χ0n) is 14.9. The van der Waals surface area contributed by atoms with E-state index in [-0.39, 0.29) is 34.7 Å². The number of hydrogen-bond acceptors (Lipinski definition) is 8. The van der Waals surface area contributed by atoms with Crippen LogP contribution in [-0.2, 0) is 13.5 Å². The second-order valence-corrected chi connectivity index (χ2v) is 5.72. The van der Waals surface area contributed by atoms with E-state index in [1.54, 1.807) is 12.1 Å². The van der Waals surface area contributed by atoms with Gasteiger partial charge in [-0.15, -0.1) is 0 Å². The molecule has 10 nitrogen and oxygen atoms in total. The molecular weight excluding hydrogens is 354 g/mol. The Morgan fingerprint density at radius 1 is 1.26 bits per heavy atom. The molecule has 0 aliphatic carbocycles. The van der Waals surface area contributed by atoms with Gasteiger partial charge in [0.1, 0.15) is 22.6 Å². The topological polar surface area (TPSA) is 142 Å². The molecule has 27 heavy (non-hydrogen) atoms. The minimum absolute atomic E-state index is 0.0383. The maximum Gasteiger partial charge on any atom is 0.265 e. The number of anilines is 1. The van der Waals surface area contributed by atoms with Gasteiger partial charge in [-0.2, -0.15) is 10.1 Å². The number of Topliss-reactive ketones (excluding diaryl/α,β-unsaturated/α-hetero) is 1. The average molecular weight is 371 g/mol. The molecule has 0 aliphatic heterocycles. The van der Waals surface area contributed by atoms with E-state index in [2.05, 4.69) is 15.1 Å². The van der Waals surface area contributed by atoms with E-state index in [0.29, 0.717) is 11.5 Å². The van der Waals surface area contributed by atoms with Crippen molar-refractivity contribution in [1.82, 2.24) is 19.7 Å². The largest absolute Gasteiger partial charge is 0.497 e. The van der Waals surface area contributed by atoms with Gasteiger partial charge in [-0.25, -0.2) is 4.68 Å². The highest BCUT2D eigenvalue weighted by molar-refractivity contribution is 6.00. The minimum Gasteiger partial charge on any atom is -0.497 e. The Morgan fingerprint density at radius 3 is 2.67 bits per heavy atom. The number of carbonyl (C=O) groups excluding carboxylic acids is 1. The Hall–Kier alpha value is -3.69. The van der Waals surface area contributed by atoms with Crippen LogP contribution in [0, 0.1) is 0 Å². The molecule has 0 amide bonds. The summed E-state index contributed by atoms with van der Waals surface area (Å²) < 4.78 is 11.6. The predicted molar refractivity (Wildman–Crippen MR) is 97.4 cm³/mol. The summed E-state index contributed by atoms with van der Waals surface area (Å²) in [6.45, 7) is 0. The van der Waals surface area contributed by atoms with Crippen molar-refractivity contribution in [1.29, 1.82) is 0 Å². The molecule has 3 N–H and O–H groups in total. The fourth-order valence-corrected chi connectivity index (χ4v) is 2.73. The van der Waals surface area contributed by atoms with E-state index in [9.17, 15) is 14.4 Å². The molecule has 0 saturated carbocycles. The lowest BCUT2D eigenvalue weighted by molar-refractivity contribution is 0.0988. The lowest BCUT2D eigenvalue weighted by Crippen LogP contribution is -2.27. The van der Waals surface area contributed by atoms with E-state index in [1.165, 1.54) is 32.0 Å². The number of H-pyrrole nitrogens is 1. The number of aromatic nitrogens is 4. The number of ether oxygens (including phenoxy) is 2. The zero-order valence-corrected chi connectivity index (χ0v) is 14.9. The van der Waals surface area contributed by atoms with Crippen molar-refractivity contribution in [2.45, 2.75) is 6.42 Å².